The average Bonchev–Trinajstić information content (AvgIpc) is 2.94. The Morgan fingerprint density at radius 2 is 2.21 bits per heavy atom. The van der Waals surface area contributed by atoms with Crippen LogP contribution in [0.15, 0.2) is 34.7 Å². The van der Waals surface area contributed by atoms with E-state index in [0.717, 1.165) is 28.9 Å². The van der Waals surface area contributed by atoms with Gasteiger partial charge in [-0.1, -0.05) is 12.1 Å². The maximum Gasteiger partial charge on any atom is 0.295 e. The van der Waals surface area contributed by atoms with E-state index in [1.165, 1.54) is 0 Å². The SMILES string of the molecule is Cc1cc(CC(C)Nc2nc3ccccc3o2)n[nH]1. The van der Waals surface area contributed by atoms with Gasteiger partial charge in [-0.25, -0.2) is 0 Å². The van der Waals surface area contributed by atoms with E-state index in [-0.39, 0.29) is 6.04 Å². The summed E-state index contributed by atoms with van der Waals surface area (Å²) in [5.74, 6) is 0. The Labute approximate surface area is 111 Å². The van der Waals surface area contributed by atoms with Crippen LogP contribution >= 0.6 is 0 Å². The summed E-state index contributed by atoms with van der Waals surface area (Å²) in [4.78, 5) is 4.39. The second-order valence-corrected chi connectivity index (χ2v) is 4.78. The Morgan fingerprint density at radius 3 is 2.95 bits per heavy atom. The third-order valence-corrected chi connectivity index (χ3v) is 2.94. The van der Waals surface area contributed by atoms with Crippen molar-refractivity contribution in [2.75, 3.05) is 5.32 Å². The molecule has 3 aromatic rings. The molecule has 0 aliphatic heterocycles. The van der Waals surface area contributed by atoms with Gasteiger partial charge < -0.3 is 9.73 Å². The Kier molecular flexibility index (Phi) is 2.95. The van der Waals surface area contributed by atoms with Gasteiger partial charge in [-0.3, -0.25) is 5.10 Å². The summed E-state index contributed by atoms with van der Waals surface area (Å²) in [5.41, 5.74) is 3.78. The van der Waals surface area contributed by atoms with Gasteiger partial charge in [-0.15, -0.1) is 0 Å². The topological polar surface area (TPSA) is 66.7 Å². The first-order valence-electron chi connectivity index (χ1n) is 6.34. The van der Waals surface area contributed by atoms with Crippen LogP contribution in [0.2, 0.25) is 0 Å². The van der Waals surface area contributed by atoms with Crippen LogP contribution < -0.4 is 5.32 Å². The molecule has 0 bridgehead atoms. The van der Waals surface area contributed by atoms with Gasteiger partial charge in [0.05, 0.1) is 5.69 Å². The first kappa shape index (κ1) is 11.8. The summed E-state index contributed by atoms with van der Waals surface area (Å²) < 4.78 is 5.63. The number of nitrogens with zero attached hydrogens (tertiary/aromatic N) is 2. The lowest BCUT2D eigenvalue weighted by Gasteiger charge is -2.09. The lowest BCUT2D eigenvalue weighted by atomic mass is 10.2. The van der Waals surface area contributed by atoms with Crippen molar-refractivity contribution in [2.45, 2.75) is 26.3 Å². The van der Waals surface area contributed by atoms with Gasteiger partial charge in [0.1, 0.15) is 5.52 Å². The number of hydrogen-bond acceptors (Lipinski definition) is 4. The van der Waals surface area contributed by atoms with E-state index >= 15 is 0 Å². The Morgan fingerprint density at radius 1 is 1.37 bits per heavy atom. The van der Waals surface area contributed by atoms with Crippen molar-refractivity contribution in [1.29, 1.82) is 0 Å². The molecule has 1 atom stereocenters. The van der Waals surface area contributed by atoms with E-state index in [9.17, 15) is 0 Å². The third-order valence-electron chi connectivity index (χ3n) is 2.94. The molecule has 0 spiro atoms. The minimum absolute atomic E-state index is 0.204. The number of rotatable bonds is 4. The normalized spacial score (nSPS) is 12.7. The van der Waals surface area contributed by atoms with E-state index in [2.05, 4.69) is 27.4 Å². The fourth-order valence-electron chi connectivity index (χ4n) is 2.09. The van der Waals surface area contributed by atoms with Gasteiger partial charge >= 0.3 is 0 Å². The van der Waals surface area contributed by atoms with Crippen molar-refractivity contribution in [3.05, 3.63) is 41.7 Å². The Hall–Kier alpha value is -2.30. The van der Waals surface area contributed by atoms with E-state index in [1.54, 1.807) is 0 Å². The first-order chi connectivity index (χ1) is 9.20. The first-order valence-corrected chi connectivity index (χ1v) is 6.34. The van der Waals surface area contributed by atoms with Crippen LogP contribution in [-0.4, -0.2) is 21.2 Å². The zero-order chi connectivity index (χ0) is 13.2. The second-order valence-electron chi connectivity index (χ2n) is 4.78. The molecule has 5 heteroatoms. The predicted molar refractivity (Wildman–Crippen MR) is 74.1 cm³/mol. The van der Waals surface area contributed by atoms with Crippen LogP contribution in [0.3, 0.4) is 0 Å². The summed E-state index contributed by atoms with van der Waals surface area (Å²) in [6.07, 6.45) is 0.822. The minimum atomic E-state index is 0.204. The molecule has 0 aliphatic carbocycles. The number of aromatic amines is 1. The van der Waals surface area contributed by atoms with E-state index < -0.39 is 0 Å². The molecule has 5 nitrogen and oxygen atoms in total. The van der Waals surface area contributed by atoms with Crippen LogP contribution in [-0.2, 0) is 6.42 Å². The van der Waals surface area contributed by atoms with Crippen molar-refractivity contribution in [3.8, 4) is 0 Å². The molecule has 1 aromatic carbocycles. The number of hydrogen-bond donors (Lipinski definition) is 2. The van der Waals surface area contributed by atoms with Crippen molar-refractivity contribution in [2.24, 2.45) is 0 Å². The third kappa shape index (κ3) is 2.59. The summed E-state index contributed by atoms with van der Waals surface area (Å²) in [6, 6.07) is 10.5. The molecular weight excluding hydrogens is 240 g/mol. The quantitative estimate of drug-likeness (QED) is 0.753. The van der Waals surface area contributed by atoms with Gasteiger partial charge in [0, 0.05) is 18.2 Å². The maximum atomic E-state index is 5.63. The Balaban J connectivity index is 1.70. The van der Waals surface area contributed by atoms with Gasteiger partial charge in [-0.05, 0) is 32.0 Å². The van der Waals surface area contributed by atoms with Crippen molar-refractivity contribution in [3.63, 3.8) is 0 Å². The van der Waals surface area contributed by atoms with E-state index in [1.807, 2.05) is 37.3 Å². The second kappa shape index (κ2) is 4.76. The zero-order valence-electron chi connectivity index (χ0n) is 11.0. The number of aryl methyl sites for hydroxylation is 1. The number of oxazole rings is 1. The highest BCUT2D eigenvalue weighted by Gasteiger charge is 2.10. The van der Waals surface area contributed by atoms with Gasteiger partial charge in [0.2, 0.25) is 0 Å². The molecule has 0 fully saturated rings. The van der Waals surface area contributed by atoms with Gasteiger partial charge in [0.15, 0.2) is 5.58 Å². The molecule has 1 unspecified atom stereocenters. The maximum absolute atomic E-state index is 5.63. The monoisotopic (exact) mass is 256 g/mol. The standard InChI is InChI=1S/C14H16N4O/c1-9(7-11-8-10(2)17-18-11)15-14-16-12-5-3-4-6-13(12)19-14/h3-6,8-9H,7H2,1-2H3,(H,15,16)(H,17,18). The smallest absolute Gasteiger partial charge is 0.295 e. The molecule has 0 amide bonds. The molecular formula is C14H16N4O. The summed E-state index contributed by atoms with van der Waals surface area (Å²) in [7, 11) is 0. The molecule has 3 rings (SSSR count). The Bertz CT molecular complexity index is 652. The number of H-pyrrole nitrogens is 1. The molecule has 0 radical (unpaired) electrons. The molecule has 0 saturated carbocycles. The largest absolute Gasteiger partial charge is 0.424 e. The lowest BCUT2D eigenvalue weighted by molar-refractivity contribution is 0.597. The summed E-state index contributed by atoms with van der Waals surface area (Å²) in [5, 5.41) is 10.4. The van der Waals surface area contributed by atoms with Crippen LogP contribution in [0.1, 0.15) is 18.3 Å². The lowest BCUT2D eigenvalue weighted by Crippen LogP contribution is -2.18. The summed E-state index contributed by atoms with van der Waals surface area (Å²) >= 11 is 0. The fraction of sp³-hybridized carbons (Fsp3) is 0.286. The highest BCUT2D eigenvalue weighted by Crippen LogP contribution is 2.19. The predicted octanol–water partition coefficient (Wildman–Crippen LogP) is 2.90. The van der Waals surface area contributed by atoms with Crippen molar-refractivity contribution in [1.82, 2.24) is 15.2 Å². The number of fused-ring (bicyclic) bond motifs is 1. The average molecular weight is 256 g/mol. The van der Waals surface area contributed by atoms with Crippen molar-refractivity contribution >= 4 is 17.1 Å². The molecule has 98 valence electrons. The van der Waals surface area contributed by atoms with Crippen LogP contribution in [0, 0.1) is 6.92 Å². The molecule has 2 aromatic heterocycles. The number of nitrogens with one attached hydrogen (secondary N) is 2. The minimum Gasteiger partial charge on any atom is -0.424 e. The molecule has 2 heterocycles. The molecule has 19 heavy (non-hydrogen) atoms. The highest BCUT2D eigenvalue weighted by atomic mass is 16.4. The number of anilines is 1. The van der Waals surface area contributed by atoms with Gasteiger partial charge in [0.25, 0.3) is 6.01 Å². The summed E-state index contributed by atoms with van der Waals surface area (Å²) in [6.45, 7) is 4.08. The van der Waals surface area contributed by atoms with Crippen LogP contribution in [0.25, 0.3) is 11.1 Å². The van der Waals surface area contributed by atoms with Crippen LogP contribution in [0.5, 0.6) is 0 Å². The molecule has 0 saturated heterocycles. The van der Waals surface area contributed by atoms with Crippen molar-refractivity contribution < 1.29 is 4.42 Å². The fourth-order valence-corrected chi connectivity index (χ4v) is 2.09. The molecule has 2 N–H and O–H groups in total. The number of benzene rings is 1. The number of para-hydroxylation sites is 2. The molecule has 0 aliphatic rings. The highest BCUT2D eigenvalue weighted by molar-refractivity contribution is 5.74. The van der Waals surface area contributed by atoms with Crippen LogP contribution in [0.4, 0.5) is 6.01 Å². The zero-order valence-corrected chi connectivity index (χ0v) is 11.0. The van der Waals surface area contributed by atoms with Gasteiger partial charge in [-0.2, -0.15) is 10.1 Å². The van der Waals surface area contributed by atoms with E-state index in [4.69, 9.17) is 4.42 Å². The number of aromatic nitrogens is 3. The van der Waals surface area contributed by atoms with E-state index in [0.29, 0.717) is 6.01 Å².